The molecule has 4 heteroatoms. The standard InChI is InChI=1S/C17H29NO2S/c1-6-15(18-5)8-7-13-21(19,20)16-11-9-14(10-12-16)17(2,3)4/h9-12,15,18H,6-8,13H2,1-5H3. The molecule has 0 bridgehead atoms. The van der Waals surface area contributed by atoms with Crippen molar-refractivity contribution < 1.29 is 8.42 Å². The molecule has 1 atom stereocenters. The van der Waals surface area contributed by atoms with Crippen LogP contribution in [0, 0.1) is 0 Å². The highest BCUT2D eigenvalue weighted by molar-refractivity contribution is 7.91. The molecule has 0 aliphatic heterocycles. The molecular weight excluding hydrogens is 282 g/mol. The Labute approximate surface area is 130 Å². The van der Waals surface area contributed by atoms with Crippen molar-refractivity contribution in [2.45, 2.75) is 63.3 Å². The second-order valence-corrected chi connectivity index (χ2v) is 8.74. The second-order valence-electron chi connectivity index (χ2n) is 6.63. The van der Waals surface area contributed by atoms with E-state index in [2.05, 4.69) is 33.0 Å². The van der Waals surface area contributed by atoms with Crippen molar-refractivity contribution in [1.82, 2.24) is 5.32 Å². The summed E-state index contributed by atoms with van der Waals surface area (Å²) in [6, 6.07) is 7.74. The molecule has 0 saturated carbocycles. The predicted octanol–water partition coefficient (Wildman–Crippen LogP) is 3.54. The van der Waals surface area contributed by atoms with E-state index < -0.39 is 9.84 Å². The van der Waals surface area contributed by atoms with Gasteiger partial charge in [0.1, 0.15) is 0 Å². The van der Waals surface area contributed by atoms with Gasteiger partial charge in [-0.25, -0.2) is 8.42 Å². The molecule has 1 unspecified atom stereocenters. The van der Waals surface area contributed by atoms with Crippen LogP contribution < -0.4 is 5.32 Å². The fourth-order valence-corrected chi connectivity index (χ4v) is 3.69. The van der Waals surface area contributed by atoms with Crippen LogP contribution in [0.3, 0.4) is 0 Å². The van der Waals surface area contributed by atoms with Crippen LogP contribution in [0.15, 0.2) is 29.2 Å². The smallest absolute Gasteiger partial charge is 0.178 e. The molecule has 0 fully saturated rings. The van der Waals surface area contributed by atoms with Crippen molar-refractivity contribution in [3.63, 3.8) is 0 Å². The van der Waals surface area contributed by atoms with Gasteiger partial charge >= 0.3 is 0 Å². The number of rotatable bonds is 7. The van der Waals surface area contributed by atoms with Crippen LogP contribution in [-0.4, -0.2) is 27.3 Å². The van der Waals surface area contributed by atoms with E-state index in [0.717, 1.165) is 18.4 Å². The minimum Gasteiger partial charge on any atom is -0.317 e. The van der Waals surface area contributed by atoms with Gasteiger partial charge in [-0.3, -0.25) is 0 Å². The molecule has 0 aromatic heterocycles. The van der Waals surface area contributed by atoms with Crippen molar-refractivity contribution >= 4 is 9.84 Å². The summed E-state index contributed by atoms with van der Waals surface area (Å²) in [5, 5.41) is 3.21. The lowest BCUT2D eigenvalue weighted by Crippen LogP contribution is -2.24. The zero-order chi connectivity index (χ0) is 16.1. The molecule has 0 amide bonds. The third kappa shape index (κ3) is 5.44. The van der Waals surface area contributed by atoms with Crippen molar-refractivity contribution in [2.75, 3.05) is 12.8 Å². The van der Waals surface area contributed by atoms with Gasteiger partial charge < -0.3 is 5.32 Å². The summed E-state index contributed by atoms with van der Waals surface area (Å²) < 4.78 is 24.7. The number of hydrogen-bond acceptors (Lipinski definition) is 3. The first-order chi connectivity index (χ1) is 9.70. The van der Waals surface area contributed by atoms with Crippen LogP contribution in [0.25, 0.3) is 0 Å². The van der Waals surface area contributed by atoms with Gasteiger partial charge in [0.05, 0.1) is 10.6 Å². The molecule has 0 spiro atoms. The Bertz CT molecular complexity index is 523. The van der Waals surface area contributed by atoms with E-state index in [1.165, 1.54) is 0 Å². The molecule has 0 heterocycles. The SMILES string of the molecule is CCC(CCCS(=O)(=O)c1ccc(C(C)(C)C)cc1)NC. The monoisotopic (exact) mass is 311 g/mol. The minimum absolute atomic E-state index is 0.0451. The Balaban J connectivity index is 2.71. The fourth-order valence-electron chi connectivity index (χ4n) is 2.35. The first kappa shape index (κ1) is 18.2. The van der Waals surface area contributed by atoms with Crippen LogP contribution in [0.4, 0.5) is 0 Å². The average molecular weight is 311 g/mol. The molecule has 1 aromatic rings. The van der Waals surface area contributed by atoms with Crippen molar-refractivity contribution in [1.29, 1.82) is 0 Å². The number of sulfone groups is 1. The Morgan fingerprint density at radius 2 is 1.71 bits per heavy atom. The van der Waals surface area contributed by atoms with Gasteiger partial charge in [0.25, 0.3) is 0 Å². The van der Waals surface area contributed by atoms with E-state index >= 15 is 0 Å². The van der Waals surface area contributed by atoms with E-state index in [1.807, 2.05) is 19.2 Å². The lowest BCUT2D eigenvalue weighted by atomic mass is 9.87. The zero-order valence-electron chi connectivity index (χ0n) is 13.9. The van der Waals surface area contributed by atoms with E-state index in [9.17, 15) is 8.42 Å². The zero-order valence-corrected chi connectivity index (χ0v) is 14.8. The van der Waals surface area contributed by atoms with Gasteiger partial charge in [0, 0.05) is 6.04 Å². The fraction of sp³-hybridized carbons (Fsp3) is 0.647. The molecule has 0 saturated heterocycles. The number of nitrogens with one attached hydrogen (secondary N) is 1. The van der Waals surface area contributed by atoms with Gasteiger partial charge in [-0.1, -0.05) is 39.8 Å². The molecule has 1 aromatic carbocycles. The molecule has 1 N–H and O–H groups in total. The van der Waals surface area contributed by atoms with E-state index in [0.29, 0.717) is 17.4 Å². The summed E-state index contributed by atoms with van der Waals surface area (Å²) in [6.45, 7) is 8.48. The van der Waals surface area contributed by atoms with Crippen LogP contribution in [-0.2, 0) is 15.3 Å². The summed E-state index contributed by atoms with van der Waals surface area (Å²) in [5.74, 6) is 0.222. The molecule has 21 heavy (non-hydrogen) atoms. The Morgan fingerprint density at radius 1 is 1.14 bits per heavy atom. The van der Waals surface area contributed by atoms with E-state index in [4.69, 9.17) is 0 Å². The van der Waals surface area contributed by atoms with Crippen LogP contribution in [0.1, 0.15) is 52.5 Å². The number of benzene rings is 1. The molecule has 1 rings (SSSR count). The first-order valence-electron chi connectivity index (χ1n) is 7.71. The quantitative estimate of drug-likeness (QED) is 0.838. The van der Waals surface area contributed by atoms with Crippen LogP contribution >= 0.6 is 0 Å². The van der Waals surface area contributed by atoms with Crippen molar-refractivity contribution in [3.05, 3.63) is 29.8 Å². The molecule has 0 aliphatic carbocycles. The molecule has 3 nitrogen and oxygen atoms in total. The van der Waals surface area contributed by atoms with Gasteiger partial charge in [-0.2, -0.15) is 0 Å². The maximum atomic E-state index is 12.3. The third-order valence-electron chi connectivity index (χ3n) is 3.95. The largest absolute Gasteiger partial charge is 0.317 e. The molecular formula is C17H29NO2S. The van der Waals surface area contributed by atoms with Crippen molar-refractivity contribution in [3.8, 4) is 0 Å². The van der Waals surface area contributed by atoms with Gasteiger partial charge in [-0.05, 0) is 49.4 Å². The Morgan fingerprint density at radius 3 is 2.14 bits per heavy atom. The molecule has 120 valence electrons. The van der Waals surface area contributed by atoms with Gasteiger partial charge in [0.2, 0.25) is 0 Å². The van der Waals surface area contributed by atoms with Crippen LogP contribution in [0.2, 0.25) is 0 Å². The Kier molecular flexibility index (Phi) is 6.41. The van der Waals surface area contributed by atoms with E-state index in [1.54, 1.807) is 12.1 Å². The minimum atomic E-state index is -3.16. The summed E-state index contributed by atoms with van der Waals surface area (Å²) in [6.07, 6.45) is 2.62. The Hall–Kier alpha value is -0.870. The summed E-state index contributed by atoms with van der Waals surface area (Å²) in [5.41, 5.74) is 1.20. The van der Waals surface area contributed by atoms with Gasteiger partial charge in [0.15, 0.2) is 9.84 Å². The summed E-state index contributed by atoms with van der Waals surface area (Å²) in [7, 11) is -1.24. The summed E-state index contributed by atoms with van der Waals surface area (Å²) in [4.78, 5) is 0.438. The predicted molar refractivity (Wildman–Crippen MR) is 89.6 cm³/mol. The average Bonchev–Trinajstić information content (AvgIpc) is 2.43. The van der Waals surface area contributed by atoms with Crippen LogP contribution in [0.5, 0.6) is 0 Å². The highest BCUT2D eigenvalue weighted by atomic mass is 32.2. The summed E-state index contributed by atoms with van der Waals surface area (Å²) >= 11 is 0. The lowest BCUT2D eigenvalue weighted by Gasteiger charge is -2.19. The molecule has 0 radical (unpaired) electrons. The van der Waals surface area contributed by atoms with Gasteiger partial charge in [-0.15, -0.1) is 0 Å². The van der Waals surface area contributed by atoms with Crippen molar-refractivity contribution in [2.24, 2.45) is 0 Å². The maximum Gasteiger partial charge on any atom is 0.178 e. The third-order valence-corrected chi connectivity index (χ3v) is 5.76. The number of hydrogen-bond donors (Lipinski definition) is 1. The maximum absolute atomic E-state index is 12.3. The highest BCUT2D eigenvalue weighted by Crippen LogP contribution is 2.24. The topological polar surface area (TPSA) is 46.2 Å². The lowest BCUT2D eigenvalue weighted by molar-refractivity contribution is 0.500. The molecule has 0 aliphatic rings. The highest BCUT2D eigenvalue weighted by Gasteiger charge is 2.18. The second kappa shape index (κ2) is 7.41. The van der Waals surface area contributed by atoms with E-state index in [-0.39, 0.29) is 11.2 Å². The normalized spacial score (nSPS) is 14.1. The first-order valence-corrected chi connectivity index (χ1v) is 9.36.